The first-order valence-electron chi connectivity index (χ1n) is 6.24. The minimum Gasteiger partial charge on any atom is -0.204 e. The second-order valence-electron chi connectivity index (χ2n) is 4.57. The van der Waals surface area contributed by atoms with Gasteiger partial charge in [0.15, 0.2) is 11.6 Å². The molecule has 0 radical (unpaired) electrons. The Morgan fingerprint density at radius 2 is 1.40 bits per heavy atom. The van der Waals surface area contributed by atoms with E-state index < -0.39 is 17.0 Å². The Morgan fingerprint density at radius 3 is 2.25 bits per heavy atom. The van der Waals surface area contributed by atoms with Gasteiger partial charge in [-0.25, -0.2) is 8.78 Å². The highest BCUT2D eigenvalue weighted by molar-refractivity contribution is 6.23. The Kier molecular flexibility index (Phi) is 3.41. The van der Waals surface area contributed by atoms with Gasteiger partial charge in [-0.05, 0) is 22.4 Å². The number of fused-ring (bicyclic) bond motifs is 1. The molecule has 0 heterocycles. The van der Waals surface area contributed by atoms with E-state index in [1.807, 2.05) is 42.5 Å². The maximum absolute atomic E-state index is 13.9. The van der Waals surface area contributed by atoms with E-state index in [0.29, 0.717) is 0 Å². The normalized spacial score (nSPS) is 12.6. The minimum absolute atomic E-state index is 0.156. The van der Waals surface area contributed by atoms with Gasteiger partial charge in [-0.15, -0.1) is 11.6 Å². The van der Waals surface area contributed by atoms with E-state index in [4.69, 9.17) is 11.6 Å². The summed E-state index contributed by atoms with van der Waals surface area (Å²) in [5, 5.41) is 1.24. The zero-order valence-corrected chi connectivity index (χ0v) is 11.2. The quantitative estimate of drug-likeness (QED) is 0.550. The molecule has 0 amide bonds. The van der Waals surface area contributed by atoms with Gasteiger partial charge in [-0.2, -0.15) is 0 Å². The third-order valence-corrected chi connectivity index (χ3v) is 3.82. The van der Waals surface area contributed by atoms with Crippen molar-refractivity contribution in [3.05, 3.63) is 83.4 Å². The van der Waals surface area contributed by atoms with Gasteiger partial charge in [0, 0.05) is 5.56 Å². The molecule has 0 aliphatic carbocycles. The fourth-order valence-electron chi connectivity index (χ4n) is 2.36. The van der Waals surface area contributed by atoms with Gasteiger partial charge in [-0.3, -0.25) is 0 Å². The highest BCUT2D eigenvalue weighted by Crippen LogP contribution is 2.35. The van der Waals surface area contributed by atoms with E-state index in [9.17, 15) is 8.78 Å². The smallest absolute Gasteiger partial charge is 0.163 e. The SMILES string of the molecule is Fc1cccc(C(Cl)c2cccc3ccccc23)c1F. The van der Waals surface area contributed by atoms with Crippen LogP contribution in [0.1, 0.15) is 16.5 Å². The summed E-state index contributed by atoms with van der Waals surface area (Å²) in [5.41, 5.74) is 0.928. The Labute approximate surface area is 120 Å². The minimum atomic E-state index is -0.888. The van der Waals surface area contributed by atoms with Crippen molar-refractivity contribution in [3.63, 3.8) is 0 Å². The molecule has 3 aromatic carbocycles. The number of halogens is 3. The number of hydrogen-bond acceptors (Lipinski definition) is 0. The summed E-state index contributed by atoms with van der Waals surface area (Å²) >= 11 is 6.38. The lowest BCUT2D eigenvalue weighted by atomic mass is 9.97. The first-order chi connectivity index (χ1) is 9.68. The van der Waals surface area contributed by atoms with Crippen molar-refractivity contribution < 1.29 is 8.78 Å². The first-order valence-corrected chi connectivity index (χ1v) is 6.68. The van der Waals surface area contributed by atoms with E-state index in [1.54, 1.807) is 0 Å². The third kappa shape index (κ3) is 2.16. The summed E-state index contributed by atoms with van der Waals surface area (Å²) in [7, 11) is 0. The van der Waals surface area contributed by atoms with Crippen molar-refractivity contribution in [2.45, 2.75) is 5.38 Å². The zero-order chi connectivity index (χ0) is 14.1. The molecule has 0 aliphatic rings. The lowest BCUT2D eigenvalue weighted by molar-refractivity contribution is 0.500. The summed E-state index contributed by atoms with van der Waals surface area (Å²) in [4.78, 5) is 0. The Morgan fingerprint density at radius 1 is 0.750 bits per heavy atom. The third-order valence-electron chi connectivity index (χ3n) is 3.35. The summed E-state index contributed by atoms with van der Waals surface area (Å²) in [6.07, 6.45) is 0. The van der Waals surface area contributed by atoms with Crippen LogP contribution in [0, 0.1) is 11.6 Å². The average Bonchev–Trinajstić information content (AvgIpc) is 2.49. The van der Waals surface area contributed by atoms with E-state index in [1.165, 1.54) is 12.1 Å². The number of alkyl halides is 1. The van der Waals surface area contributed by atoms with Crippen LogP contribution >= 0.6 is 11.6 Å². The lowest BCUT2D eigenvalue weighted by Gasteiger charge is -2.14. The predicted molar refractivity (Wildman–Crippen MR) is 78.0 cm³/mol. The van der Waals surface area contributed by atoms with Crippen molar-refractivity contribution in [2.24, 2.45) is 0 Å². The number of hydrogen-bond donors (Lipinski definition) is 0. The molecule has 1 unspecified atom stereocenters. The Bertz CT molecular complexity index is 763. The maximum atomic E-state index is 13.9. The molecule has 0 nitrogen and oxygen atoms in total. The standard InChI is InChI=1S/C17H11ClF2/c18-16(14-9-4-10-15(19)17(14)20)13-8-3-6-11-5-1-2-7-12(11)13/h1-10,16H. The van der Waals surface area contributed by atoms with Crippen molar-refractivity contribution in [3.8, 4) is 0 Å². The maximum Gasteiger partial charge on any atom is 0.163 e. The fourth-order valence-corrected chi connectivity index (χ4v) is 2.71. The molecule has 0 saturated carbocycles. The van der Waals surface area contributed by atoms with Crippen LogP contribution in [0.3, 0.4) is 0 Å². The Balaban J connectivity index is 2.18. The van der Waals surface area contributed by atoms with E-state index in [0.717, 1.165) is 22.4 Å². The van der Waals surface area contributed by atoms with Gasteiger partial charge >= 0.3 is 0 Å². The van der Waals surface area contributed by atoms with Crippen molar-refractivity contribution in [1.29, 1.82) is 0 Å². The van der Waals surface area contributed by atoms with Crippen LogP contribution in [0.25, 0.3) is 10.8 Å². The van der Waals surface area contributed by atoms with Crippen LogP contribution in [0.15, 0.2) is 60.7 Å². The van der Waals surface area contributed by atoms with Crippen molar-refractivity contribution in [2.75, 3.05) is 0 Å². The van der Waals surface area contributed by atoms with Crippen LogP contribution in [0.4, 0.5) is 8.78 Å². The second kappa shape index (κ2) is 5.22. The van der Waals surface area contributed by atoms with Crippen LogP contribution in [0.2, 0.25) is 0 Å². The topological polar surface area (TPSA) is 0 Å². The molecule has 0 saturated heterocycles. The first kappa shape index (κ1) is 13.1. The van der Waals surface area contributed by atoms with Gasteiger partial charge in [0.25, 0.3) is 0 Å². The fraction of sp³-hybridized carbons (Fsp3) is 0.0588. The molecule has 100 valence electrons. The Hall–Kier alpha value is -1.93. The van der Waals surface area contributed by atoms with Gasteiger partial charge in [0.2, 0.25) is 0 Å². The average molecular weight is 289 g/mol. The van der Waals surface area contributed by atoms with Crippen molar-refractivity contribution >= 4 is 22.4 Å². The molecular weight excluding hydrogens is 278 g/mol. The van der Waals surface area contributed by atoms with Gasteiger partial charge in [0.1, 0.15) is 0 Å². The number of rotatable bonds is 2. The molecule has 0 spiro atoms. The second-order valence-corrected chi connectivity index (χ2v) is 5.01. The lowest BCUT2D eigenvalue weighted by Crippen LogP contribution is -2.00. The zero-order valence-electron chi connectivity index (χ0n) is 10.5. The van der Waals surface area contributed by atoms with E-state index in [-0.39, 0.29) is 5.56 Å². The van der Waals surface area contributed by atoms with Gasteiger partial charge < -0.3 is 0 Å². The molecule has 3 rings (SSSR count). The summed E-state index contributed by atoms with van der Waals surface area (Å²) in [6.45, 7) is 0. The molecule has 0 aromatic heterocycles. The predicted octanol–water partition coefficient (Wildman–Crippen LogP) is 5.45. The van der Waals surface area contributed by atoms with E-state index >= 15 is 0 Å². The summed E-state index contributed by atoms with van der Waals surface area (Å²) < 4.78 is 27.2. The monoisotopic (exact) mass is 288 g/mol. The van der Waals surface area contributed by atoms with Gasteiger partial charge in [-0.1, -0.05) is 54.6 Å². The molecule has 0 N–H and O–H groups in total. The van der Waals surface area contributed by atoms with Crippen LogP contribution < -0.4 is 0 Å². The van der Waals surface area contributed by atoms with Crippen LogP contribution in [0.5, 0.6) is 0 Å². The number of benzene rings is 3. The molecule has 0 bridgehead atoms. The summed E-state index contributed by atoms with van der Waals surface area (Å²) in [5.74, 6) is -1.77. The summed E-state index contributed by atoms with van der Waals surface area (Å²) in [6, 6.07) is 17.5. The van der Waals surface area contributed by atoms with Crippen molar-refractivity contribution in [1.82, 2.24) is 0 Å². The molecule has 20 heavy (non-hydrogen) atoms. The molecule has 0 fully saturated rings. The molecule has 3 aromatic rings. The molecule has 1 atom stereocenters. The van der Waals surface area contributed by atoms with Crippen LogP contribution in [-0.2, 0) is 0 Å². The van der Waals surface area contributed by atoms with Gasteiger partial charge in [0.05, 0.1) is 5.38 Å². The largest absolute Gasteiger partial charge is 0.204 e. The van der Waals surface area contributed by atoms with E-state index in [2.05, 4.69) is 0 Å². The molecule has 3 heteroatoms. The molecular formula is C17H11ClF2. The van der Waals surface area contributed by atoms with Crippen LogP contribution in [-0.4, -0.2) is 0 Å². The molecule has 0 aliphatic heterocycles. The highest BCUT2D eigenvalue weighted by atomic mass is 35.5. The highest BCUT2D eigenvalue weighted by Gasteiger charge is 2.19.